The SMILES string of the molecule is N#Cc1ccc(OC2CC(n3nc4n(c3=O)[C@H](c3cc(F)cc(F)c3)CC4)C2)cn1. The van der Waals surface area contributed by atoms with E-state index in [0.29, 0.717) is 48.5 Å². The number of hydrogen-bond acceptors (Lipinski definition) is 5. The molecule has 0 unspecified atom stereocenters. The molecule has 3 aromatic rings. The average molecular weight is 409 g/mol. The zero-order valence-corrected chi connectivity index (χ0v) is 15.8. The van der Waals surface area contributed by atoms with Gasteiger partial charge in [0.2, 0.25) is 0 Å². The van der Waals surface area contributed by atoms with Crippen molar-refractivity contribution in [3.8, 4) is 11.8 Å². The monoisotopic (exact) mass is 409 g/mol. The van der Waals surface area contributed by atoms with Gasteiger partial charge < -0.3 is 4.74 Å². The van der Waals surface area contributed by atoms with Gasteiger partial charge in [-0.1, -0.05) is 0 Å². The maximum Gasteiger partial charge on any atom is 0.346 e. The third-order valence-corrected chi connectivity index (χ3v) is 5.70. The summed E-state index contributed by atoms with van der Waals surface area (Å²) in [5.74, 6) is -0.106. The molecule has 0 amide bonds. The number of aryl methyl sites for hydroxylation is 1. The van der Waals surface area contributed by atoms with E-state index in [1.807, 2.05) is 6.07 Å². The summed E-state index contributed by atoms with van der Waals surface area (Å²) in [6.07, 6.45) is 3.84. The Morgan fingerprint density at radius 1 is 1.17 bits per heavy atom. The first-order valence-corrected chi connectivity index (χ1v) is 9.70. The van der Waals surface area contributed by atoms with Crippen LogP contribution < -0.4 is 10.4 Å². The number of hydrogen-bond donors (Lipinski definition) is 0. The minimum absolute atomic E-state index is 0.0683. The Hall–Kier alpha value is -3.54. The second-order valence-corrected chi connectivity index (χ2v) is 7.63. The number of fused-ring (bicyclic) bond motifs is 1. The van der Waals surface area contributed by atoms with Crippen molar-refractivity contribution in [2.24, 2.45) is 0 Å². The van der Waals surface area contributed by atoms with Crippen LogP contribution in [0.1, 0.15) is 48.4 Å². The Labute approximate surface area is 170 Å². The normalized spacial score (nSPS) is 22.2. The second kappa shape index (κ2) is 7.06. The number of aromatic nitrogens is 4. The maximum atomic E-state index is 13.6. The highest BCUT2D eigenvalue weighted by Gasteiger charge is 2.37. The van der Waals surface area contributed by atoms with Crippen LogP contribution in [0, 0.1) is 23.0 Å². The van der Waals surface area contributed by atoms with Crippen LogP contribution in [0.15, 0.2) is 41.3 Å². The van der Waals surface area contributed by atoms with E-state index in [1.165, 1.54) is 23.0 Å². The summed E-state index contributed by atoms with van der Waals surface area (Å²) in [7, 11) is 0. The fourth-order valence-electron chi connectivity index (χ4n) is 4.18. The topological polar surface area (TPSA) is 85.7 Å². The molecular formula is C21H17F2N5O2. The van der Waals surface area contributed by atoms with E-state index in [2.05, 4.69) is 10.1 Å². The molecule has 1 saturated carbocycles. The molecule has 152 valence electrons. The lowest BCUT2D eigenvalue weighted by molar-refractivity contribution is 0.0620. The number of nitrogens with zero attached hydrogens (tertiary/aromatic N) is 5. The lowest BCUT2D eigenvalue weighted by atomic mass is 9.89. The van der Waals surface area contributed by atoms with Crippen molar-refractivity contribution in [1.82, 2.24) is 19.3 Å². The molecule has 1 aliphatic heterocycles. The molecule has 30 heavy (non-hydrogen) atoms. The minimum Gasteiger partial charge on any atom is -0.489 e. The molecule has 7 nitrogen and oxygen atoms in total. The minimum atomic E-state index is -0.657. The second-order valence-electron chi connectivity index (χ2n) is 7.63. The third kappa shape index (κ3) is 3.14. The zero-order chi connectivity index (χ0) is 20.8. The average Bonchev–Trinajstić information content (AvgIpc) is 3.24. The molecule has 2 aromatic heterocycles. The highest BCUT2D eigenvalue weighted by atomic mass is 19.1. The van der Waals surface area contributed by atoms with Gasteiger partial charge in [-0.25, -0.2) is 23.2 Å². The van der Waals surface area contributed by atoms with Crippen molar-refractivity contribution in [3.63, 3.8) is 0 Å². The molecular weight excluding hydrogens is 392 g/mol. The molecule has 5 rings (SSSR count). The van der Waals surface area contributed by atoms with Crippen LogP contribution in [0.25, 0.3) is 0 Å². The first kappa shape index (κ1) is 18.5. The number of ether oxygens (including phenoxy) is 1. The standard InChI is InChI=1S/C21H17F2N5O2/c22-13-5-12(6-14(23)7-13)19-3-4-20-26-28(21(29)27(19)20)16-8-18(9-16)30-17-2-1-15(10-24)25-11-17/h1-2,5-7,11,16,18-19H,3-4,8-9H2/t16?,18?,19-/m0/s1. The molecule has 0 spiro atoms. The third-order valence-electron chi connectivity index (χ3n) is 5.70. The maximum absolute atomic E-state index is 13.6. The fourth-order valence-corrected chi connectivity index (χ4v) is 4.18. The predicted octanol–water partition coefficient (Wildman–Crippen LogP) is 2.91. The van der Waals surface area contributed by atoms with Crippen LogP contribution in [0.4, 0.5) is 8.78 Å². The fraction of sp³-hybridized carbons (Fsp3) is 0.333. The number of benzene rings is 1. The number of halogens is 2. The number of pyridine rings is 1. The number of rotatable bonds is 4. The first-order chi connectivity index (χ1) is 14.5. The van der Waals surface area contributed by atoms with Crippen LogP contribution in [0.5, 0.6) is 5.75 Å². The van der Waals surface area contributed by atoms with Gasteiger partial charge in [-0.05, 0) is 36.2 Å². The van der Waals surface area contributed by atoms with Crippen molar-refractivity contribution in [2.75, 3.05) is 0 Å². The largest absolute Gasteiger partial charge is 0.489 e. The van der Waals surface area contributed by atoms with Gasteiger partial charge in [-0.3, -0.25) is 4.57 Å². The van der Waals surface area contributed by atoms with Crippen molar-refractivity contribution in [1.29, 1.82) is 5.26 Å². The molecule has 1 fully saturated rings. The van der Waals surface area contributed by atoms with E-state index in [1.54, 1.807) is 16.7 Å². The van der Waals surface area contributed by atoms with Crippen LogP contribution in [-0.4, -0.2) is 25.4 Å². The lowest BCUT2D eigenvalue weighted by Crippen LogP contribution is -2.41. The molecule has 1 atom stereocenters. The smallest absolute Gasteiger partial charge is 0.346 e. The Balaban J connectivity index is 1.31. The van der Waals surface area contributed by atoms with Gasteiger partial charge >= 0.3 is 5.69 Å². The Bertz CT molecular complexity index is 1190. The summed E-state index contributed by atoms with van der Waals surface area (Å²) in [5.41, 5.74) is 0.498. The van der Waals surface area contributed by atoms with Crippen molar-refractivity contribution < 1.29 is 13.5 Å². The highest BCUT2D eigenvalue weighted by molar-refractivity contribution is 5.27. The molecule has 0 N–H and O–H groups in total. The zero-order valence-electron chi connectivity index (χ0n) is 15.8. The van der Waals surface area contributed by atoms with Crippen LogP contribution >= 0.6 is 0 Å². The molecule has 0 radical (unpaired) electrons. The van der Waals surface area contributed by atoms with E-state index in [9.17, 15) is 13.6 Å². The Kier molecular flexibility index (Phi) is 4.35. The Morgan fingerprint density at radius 2 is 1.93 bits per heavy atom. The molecule has 1 aromatic carbocycles. The molecule has 0 bridgehead atoms. The predicted molar refractivity (Wildman–Crippen MR) is 101 cm³/mol. The summed E-state index contributed by atoms with van der Waals surface area (Å²) < 4.78 is 36.1. The van der Waals surface area contributed by atoms with Gasteiger partial charge in [0.25, 0.3) is 0 Å². The quantitative estimate of drug-likeness (QED) is 0.661. The number of nitriles is 1. The highest BCUT2D eigenvalue weighted by Crippen LogP contribution is 2.36. The van der Waals surface area contributed by atoms with Gasteiger partial charge in [-0.2, -0.15) is 10.4 Å². The van der Waals surface area contributed by atoms with Crippen LogP contribution in [-0.2, 0) is 6.42 Å². The molecule has 3 heterocycles. The van der Waals surface area contributed by atoms with E-state index in [4.69, 9.17) is 10.00 Å². The van der Waals surface area contributed by atoms with Crippen LogP contribution in [0.3, 0.4) is 0 Å². The van der Waals surface area contributed by atoms with Gasteiger partial charge in [0.05, 0.1) is 18.3 Å². The van der Waals surface area contributed by atoms with E-state index >= 15 is 0 Å². The van der Waals surface area contributed by atoms with E-state index in [0.717, 1.165) is 6.07 Å². The summed E-state index contributed by atoms with van der Waals surface area (Å²) in [4.78, 5) is 17.0. The summed E-state index contributed by atoms with van der Waals surface area (Å²) in [5, 5.41) is 13.3. The lowest BCUT2D eigenvalue weighted by Gasteiger charge is -2.34. The van der Waals surface area contributed by atoms with Crippen molar-refractivity contribution in [2.45, 2.75) is 43.9 Å². The first-order valence-electron chi connectivity index (χ1n) is 9.70. The summed E-state index contributed by atoms with van der Waals surface area (Å²) in [6.45, 7) is 0. The summed E-state index contributed by atoms with van der Waals surface area (Å²) in [6, 6.07) is 8.10. The molecule has 1 aliphatic carbocycles. The van der Waals surface area contributed by atoms with Crippen LogP contribution in [0.2, 0.25) is 0 Å². The molecule has 0 saturated heterocycles. The molecule has 9 heteroatoms. The molecule has 2 aliphatic rings. The van der Waals surface area contributed by atoms with Gasteiger partial charge in [-0.15, -0.1) is 0 Å². The Morgan fingerprint density at radius 3 is 2.60 bits per heavy atom. The van der Waals surface area contributed by atoms with Gasteiger partial charge in [0.15, 0.2) is 0 Å². The summed E-state index contributed by atoms with van der Waals surface area (Å²) >= 11 is 0. The van der Waals surface area contributed by atoms with Gasteiger partial charge in [0.1, 0.15) is 41.1 Å². The van der Waals surface area contributed by atoms with Crippen molar-refractivity contribution >= 4 is 0 Å². The van der Waals surface area contributed by atoms with Gasteiger partial charge in [0, 0.05) is 25.3 Å². The van der Waals surface area contributed by atoms with E-state index in [-0.39, 0.29) is 17.8 Å². The van der Waals surface area contributed by atoms with E-state index < -0.39 is 17.7 Å². The van der Waals surface area contributed by atoms with Crippen molar-refractivity contribution in [3.05, 3.63) is 75.7 Å².